The molecule has 1 aliphatic carbocycles. The predicted molar refractivity (Wildman–Crippen MR) is 56.5 cm³/mol. The van der Waals surface area contributed by atoms with Crippen LogP contribution in [0, 0.1) is 5.92 Å². The van der Waals surface area contributed by atoms with Crippen LogP contribution in [0.2, 0.25) is 0 Å². The molecule has 0 radical (unpaired) electrons. The van der Waals surface area contributed by atoms with Gasteiger partial charge in [0.05, 0.1) is 0 Å². The topological polar surface area (TPSA) is 24.1 Å². The highest BCUT2D eigenvalue weighted by Gasteiger charge is 2.22. The number of nitrogens with one attached hydrogen (secondary N) is 2. The van der Waals surface area contributed by atoms with Gasteiger partial charge in [0.1, 0.15) is 0 Å². The highest BCUT2D eigenvalue weighted by Crippen LogP contribution is 2.27. The molecule has 1 saturated carbocycles. The Labute approximate surface area is 86.7 Å². The Morgan fingerprint density at radius 3 is 2.42 bits per heavy atom. The largest absolute Gasteiger partial charge is 0.315 e. The number of hydrogen-bond acceptors (Lipinski definition) is 2. The van der Waals surface area contributed by atoms with Crippen LogP contribution in [0.1, 0.15) is 19.3 Å². The second kappa shape index (κ2) is 6.03. The lowest BCUT2D eigenvalue weighted by Gasteiger charge is -2.09. The maximum atomic E-state index is 3.58. The second-order valence-corrected chi connectivity index (χ2v) is 3.54. The van der Waals surface area contributed by atoms with Gasteiger partial charge in [0.15, 0.2) is 0 Å². The first-order chi connectivity index (χ1) is 4.95. The lowest BCUT2D eigenvalue weighted by Crippen LogP contribution is -2.32. The van der Waals surface area contributed by atoms with Crippen molar-refractivity contribution in [2.45, 2.75) is 25.3 Å². The standard InChI is InChI=1S/C8H16N2.2ClH/c1-2-7(1)5-10-8-3-4-9-6-8;;/h7-10H,1-6H2;2*1H. The Bertz CT molecular complexity index is 112. The smallest absolute Gasteiger partial charge is 0.0204 e. The van der Waals surface area contributed by atoms with Crippen LogP contribution in [-0.4, -0.2) is 25.7 Å². The molecule has 2 aliphatic rings. The summed E-state index contributed by atoms with van der Waals surface area (Å²) >= 11 is 0. The molecule has 4 heteroatoms. The highest BCUT2D eigenvalue weighted by atomic mass is 35.5. The lowest BCUT2D eigenvalue weighted by atomic mass is 10.2. The first-order valence-electron chi connectivity index (χ1n) is 4.39. The van der Waals surface area contributed by atoms with E-state index in [-0.39, 0.29) is 24.8 Å². The molecule has 0 bridgehead atoms. The summed E-state index contributed by atoms with van der Waals surface area (Å²) in [5.41, 5.74) is 0. The van der Waals surface area contributed by atoms with E-state index in [0.29, 0.717) is 0 Å². The van der Waals surface area contributed by atoms with Gasteiger partial charge in [0, 0.05) is 12.6 Å². The molecule has 0 spiro atoms. The maximum absolute atomic E-state index is 3.58. The lowest BCUT2D eigenvalue weighted by molar-refractivity contribution is 0.527. The van der Waals surface area contributed by atoms with E-state index in [9.17, 15) is 0 Å². The molecule has 0 aromatic carbocycles. The Morgan fingerprint density at radius 1 is 1.17 bits per heavy atom. The number of halogens is 2. The first kappa shape index (κ1) is 12.5. The molecule has 2 fully saturated rings. The summed E-state index contributed by atoms with van der Waals surface area (Å²) in [6.07, 6.45) is 4.26. The normalized spacial score (nSPS) is 27.5. The summed E-state index contributed by atoms with van der Waals surface area (Å²) in [4.78, 5) is 0. The SMILES string of the molecule is C1CC(NCC2CC2)CN1.Cl.Cl. The molecule has 12 heavy (non-hydrogen) atoms. The predicted octanol–water partition coefficient (Wildman–Crippen LogP) is 1.19. The molecule has 2 nitrogen and oxygen atoms in total. The minimum atomic E-state index is 0. The van der Waals surface area contributed by atoms with Crippen molar-refractivity contribution in [3.63, 3.8) is 0 Å². The van der Waals surface area contributed by atoms with E-state index in [0.717, 1.165) is 12.0 Å². The average Bonchev–Trinajstić information content (AvgIpc) is 2.63. The van der Waals surface area contributed by atoms with Crippen molar-refractivity contribution in [3.8, 4) is 0 Å². The molecule has 0 amide bonds. The third kappa shape index (κ3) is 3.94. The van der Waals surface area contributed by atoms with Crippen molar-refractivity contribution in [2.24, 2.45) is 5.92 Å². The van der Waals surface area contributed by atoms with E-state index in [1.807, 2.05) is 0 Å². The van der Waals surface area contributed by atoms with E-state index in [1.54, 1.807) is 0 Å². The fourth-order valence-corrected chi connectivity index (χ4v) is 1.48. The quantitative estimate of drug-likeness (QED) is 0.735. The molecule has 1 atom stereocenters. The molecule has 1 unspecified atom stereocenters. The summed E-state index contributed by atoms with van der Waals surface area (Å²) in [6.45, 7) is 3.67. The van der Waals surface area contributed by atoms with Crippen LogP contribution in [0.25, 0.3) is 0 Å². The molecular weight excluding hydrogens is 195 g/mol. The Morgan fingerprint density at radius 2 is 1.92 bits per heavy atom. The van der Waals surface area contributed by atoms with Gasteiger partial charge in [-0.3, -0.25) is 0 Å². The molecule has 2 rings (SSSR count). The Balaban J connectivity index is 0.000000605. The Kier molecular flexibility index (Phi) is 6.28. The van der Waals surface area contributed by atoms with Crippen molar-refractivity contribution in [1.82, 2.24) is 10.6 Å². The molecule has 0 aromatic rings. The van der Waals surface area contributed by atoms with E-state index < -0.39 is 0 Å². The third-order valence-corrected chi connectivity index (χ3v) is 2.45. The van der Waals surface area contributed by atoms with Crippen LogP contribution >= 0.6 is 24.8 Å². The van der Waals surface area contributed by atoms with Gasteiger partial charge in [0.25, 0.3) is 0 Å². The van der Waals surface area contributed by atoms with Gasteiger partial charge < -0.3 is 10.6 Å². The van der Waals surface area contributed by atoms with Gasteiger partial charge in [-0.2, -0.15) is 0 Å². The van der Waals surface area contributed by atoms with Crippen molar-refractivity contribution in [1.29, 1.82) is 0 Å². The van der Waals surface area contributed by atoms with Crippen LogP contribution < -0.4 is 10.6 Å². The van der Waals surface area contributed by atoms with E-state index in [2.05, 4.69) is 10.6 Å². The summed E-state index contributed by atoms with van der Waals surface area (Å²) in [7, 11) is 0. The van der Waals surface area contributed by atoms with Crippen molar-refractivity contribution >= 4 is 24.8 Å². The molecule has 1 aliphatic heterocycles. The van der Waals surface area contributed by atoms with Gasteiger partial charge in [-0.1, -0.05) is 0 Å². The van der Waals surface area contributed by atoms with E-state index in [4.69, 9.17) is 0 Å². The summed E-state index contributed by atoms with van der Waals surface area (Å²) in [5, 5.41) is 6.93. The Hall–Kier alpha value is 0.500. The average molecular weight is 213 g/mol. The molecule has 2 N–H and O–H groups in total. The van der Waals surface area contributed by atoms with E-state index in [1.165, 1.54) is 38.9 Å². The highest BCUT2D eigenvalue weighted by molar-refractivity contribution is 5.85. The monoisotopic (exact) mass is 212 g/mol. The van der Waals surface area contributed by atoms with Gasteiger partial charge in [-0.25, -0.2) is 0 Å². The van der Waals surface area contributed by atoms with Crippen LogP contribution in [-0.2, 0) is 0 Å². The van der Waals surface area contributed by atoms with Crippen LogP contribution in [0.4, 0.5) is 0 Å². The van der Waals surface area contributed by atoms with Crippen LogP contribution in [0.15, 0.2) is 0 Å². The number of hydrogen-bond donors (Lipinski definition) is 2. The summed E-state index contributed by atoms with van der Waals surface area (Å²) in [5.74, 6) is 1.03. The zero-order valence-electron chi connectivity index (χ0n) is 7.21. The molecule has 1 saturated heterocycles. The van der Waals surface area contributed by atoms with Crippen LogP contribution in [0.5, 0.6) is 0 Å². The molecule has 0 aromatic heterocycles. The zero-order valence-corrected chi connectivity index (χ0v) is 8.85. The third-order valence-electron chi connectivity index (χ3n) is 2.45. The van der Waals surface area contributed by atoms with E-state index >= 15 is 0 Å². The van der Waals surface area contributed by atoms with Crippen molar-refractivity contribution < 1.29 is 0 Å². The summed E-state index contributed by atoms with van der Waals surface area (Å²) < 4.78 is 0. The van der Waals surface area contributed by atoms with Crippen LogP contribution in [0.3, 0.4) is 0 Å². The van der Waals surface area contributed by atoms with Crippen molar-refractivity contribution in [3.05, 3.63) is 0 Å². The second-order valence-electron chi connectivity index (χ2n) is 3.54. The molecule has 74 valence electrons. The number of rotatable bonds is 3. The van der Waals surface area contributed by atoms with Crippen molar-refractivity contribution in [2.75, 3.05) is 19.6 Å². The zero-order chi connectivity index (χ0) is 6.81. The maximum Gasteiger partial charge on any atom is 0.0204 e. The molecular formula is C8H18Cl2N2. The van der Waals surface area contributed by atoms with Gasteiger partial charge in [-0.05, 0) is 38.3 Å². The van der Waals surface area contributed by atoms with Gasteiger partial charge in [-0.15, -0.1) is 24.8 Å². The fourth-order valence-electron chi connectivity index (χ4n) is 1.48. The van der Waals surface area contributed by atoms with Gasteiger partial charge in [0.2, 0.25) is 0 Å². The van der Waals surface area contributed by atoms with Gasteiger partial charge >= 0.3 is 0 Å². The minimum absolute atomic E-state index is 0. The fraction of sp³-hybridized carbons (Fsp3) is 1.00. The summed E-state index contributed by atoms with van der Waals surface area (Å²) in [6, 6.07) is 0.778. The molecule has 1 heterocycles. The minimum Gasteiger partial charge on any atom is -0.315 e. The first-order valence-corrected chi connectivity index (χ1v) is 4.39.